The third-order valence-corrected chi connectivity index (χ3v) is 8.31. The van der Waals surface area contributed by atoms with Crippen molar-refractivity contribution in [1.29, 1.82) is 0 Å². The predicted octanol–water partition coefficient (Wildman–Crippen LogP) is 4.35. The van der Waals surface area contributed by atoms with E-state index in [-0.39, 0.29) is 23.5 Å². The first-order valence-corrected chi connectivity index (χ1v) is 13.3. The summed E-state index contributed by atoms with van der Waals surface area (Å²) in [6, 6.07) is 20.1. The summed E-state index contributed by atoms with van der Waals surface area (Å²) < 4.78 is 40.3. The summed E-state index contributed by atoms with van der Waals surface area (Å²) in [6.07, 6.45) is 0.515. The molecule has 8 heteroatoms. The summed E-state index contributed by atoms with van der Waals surface area (Å²) in [5.74, 6) is 0.924. The van der Waals surface area contributed by atoms with E-state index in [1.54, 1.807) is 12.1 Å². The molecule has 0 saturated heterocycles. The minimum absolute atomic E-state index is 0.0537. The number of pyridine rings is 1. The Labute approximate surface area is 210 Å². The van der Waals surface area contributed by atoms with E-state index in [2.05, 4.69) is 4.98 Å². The van der Waals surface area contributed by atoms with Gasteiger partial charge in [-0.25, -0.2) is 8.42 Å². The minimum Gasteiger partial charge on any atom is -0.486 e. The maximum Gasteiger partial charge on any atom is 0.252 e. The molecule has 0 radical (unpaired) electrons. The summed E-state index contributed by atoms with van der Waals surface area (Å²) in [7, 11) is -3.95. The largest absolute Gasteiger partial charge is 0.486 e. The number of aromatic nitrogens is 1. The average molecular weight is 505 g/mol. The predicted molar refractivity (Wildman–Crippen MR) is 139 cm³/mol. The SMILES string of the molecule is Cc1ccc2[nH]c(=O)c(CN(CCc3ccccc3C)S(=O)(=O)c3ccc4c(c3)OCCO4)cc2c1. The van der Waals surface area contributed by atoms with Crippen molar-refractivity contribution in [2.24, 2.45) is 0 Å². The Morgan fingerprint density at radius 2 is 1.67 bits per heavy atom. The van der Waals surface area contributed by atoms with Gasteiger partial charge in [-0.05, 0) is 67.1 Å². The van der Waals surface area contributed by atoms with Crippen LogP contribution in [0.15, 0.2) is 76.4 Å². The number of benzene rings is 3. The summed E-state index contributed by atoms with van der Waals surface area (Å²) in [5, 5.41) is 0.861. The molecule has 4 aromatic rings. The second kappa shape index (κ2) is 9.79. The smallest absolute Gasteiger partial charge is 0.252 e. The second-order valence-electron chi connectivity index (χ2n) is 9.03. The number of hydrogen-bond acceptors (Lipinski definition) is 5. The van der Waals surface area contributed by atoms with Crippen molar-refractivity contribution in [2.75, 3.05) is 19.8 Å². The molecular formula is C28H28N2O5S. The second-order valence-corrected chi connectivity index (χ2v) is 11.0. The Bertz CT molecular complexity index is 1590. The first-order valence-electron chi connectivity index (χ1n) is 11.9. The van der Waals surface area contributed by atoms with Gasteiger partial charge in [-0.1, -0.05) is 35.9 Å². The van der Waals surface area contributed by atoms with Crippen LogP contribution in [-0.4, -0.2) is 37.5 Å². The van der Waals surface area contributed by atoms with E-state index in [4.69, 9.17) is 9.47 Å². The molecule has 36 heavy (non-hydrogen) atoms. The molecule has 0 bridgehead atoms. The molecule has 7 nitrogen and oxygen atoms in total. The van der Waals surface area contributed by atoms with Crippen LogP contribution in [-0.2, 0) is 23.0 Å². The van der Waals surface area contributed by atoms with Crippen LogP contribution < -0.4 is 15.0 Å². The van der Waals surface area contributed by atoms with E-state index in [9.17, 15) is 13.2 Å². The molecule has 3 aromatic carbocycles. The molecule has 1 aromatic heterocycles. The third-order valence-electron chi connectivity index (χ3n) is 6.47. The van der Waals surface area contributed by atoms with Crippen LogP contribution in [0.1, 0.15) is 22.3 Å². The number of nitrogens with zero attached hydrogens (tertiary/aromatic N) is 1. The molecule has 1 N–H and O–H groups in total. The Morgan fingerprint density at radius 1 is 0.889 bits per heavy atom. The van der Waals surface area contributed by atoms with Gasteiger partial charge in [0.1, 0.15) is 13.2 Å². The van der Waals surface area contributed by atoms with Gasteiger partial charge < -0.3 is 14.5 Å². The molecule has 0 amide bonds. The van der Waals surface area contributed by atoms with E-state index >= 15 is 0 Å². The van der Waals surface area contributed by atoms with E-state index in [0.29, 0.717) is 36.7 Å². The van der Waals surface area contributed by atoms with Crippen molar-refractivity contribution in [1.82, 2.24) is 9.29 Å². The lowest BCUT2D eigenvalue weighted by atomic mass is 10.1. The van der Waals surface area contributed by atoms with Gasteiger partial charge in [-0.15, -0.1) is 0 Å². The van der Waals surface area contributed by atoms with Gasteiger partial charge in [0.15, 0.2) is 11.5 Å². The number of aryl methyl sites for hydroxylation is 2. The van der Waals surface area contributed by atoms with Crippen molar-refractivity contribution in [3.63, 3.8) is 0 Å². The van der Waals surface area contributed by atoms with Crippen molar-refractivity contribution in [2.45, 2.75) is 31.7 Å². The van der Waals surface area contributed by atoms with E-state index in [1.165, 1.54) is 16.4 Å². The van der Waals surface area contributed by atoms with Crippen molar-refractivity contribution < 1.29 is 17.9 Å². The van der Waals surface area contributed by atoms with Crippen LogP contribution in [0.25, 0.3) is 10.9 Å². The van der Waals surface area contributed by atoms with Crippen LogP contribution >= 0.6 is 0 Å². The number of sulfonamides is 1. The number of fused-ring (bicyclic) bond motifs is 2. The fourth-order valence-electron chi connectivity index (χ4n) is 4.43. The van der Waals surface area contributed by atoms with E-state index in [1.807, 2.05) is 56.3 Å². The fourth-order valence-corrected chi connectivity index (χ4v) is 5.87. The van der Waals surface area contributed by atoms with Gasteiger partial charge in [0, 0.05) is 30.2 Å². The lowest BCUT2D eigenvalue weighted by Gasteiger charge is -2.24. The van der Waals surface area contributed by atoms with Crippen LogP contribution in [0.5, 0.6) is 11.5 Å². The van der Waals surface area contributed by atoms with Gasteiger partial charge in [-0.3, -0.25) is 4.79 Å². The molecule has 5 rings (SSSR count). The zero-order valence-corrected chi connectivity index (χ0v) is 21.1. The molecule has 0 spiro atoms. The Kier molecular flexibility index (Phi) is 6.55. The molecule has 1 aliphatic heterocycles. The molecule has 0 atom stereocenters. The van der Waals surface area contributed by atoms with Crippen molar-refractivity contribution in [3.8, 4) is 11.5 Å². The highest BCUT2D eigenvalue weighted by molar-refractivity contribution is 7.89. The summed E-state index contributed by atoms with van der Waals surface area (Å²) in [5.41, 5.74) is 4.01. The van der Waals surface area contributed by atoms with E-state index in [0.717, 1.165) is 27.6 Å². The Morgan fingerprint density at radius 3 is 2.47 bits per heavy atom. The van der Waals surface area contributed by atoms with Crippen LogP contribution in [0, 0.1) is 13.8 Å². The maximum absolute atomic E-state index is 13.9. The highest BCUT2D eigenvalue weighted by Crippen LogP contribution is 2.33. The summed E-state index contributed by atoms with van der Waals surface area (Å²) in [6.45, 7) is 4.93. The first kappa shape index (κ1) is 24.1. The number of rotatable bonds is 7. The molecule has 0 fully saturated rings. The molecule has 1 aliphatic rings. The minimum atomic E-state index is -3.95. The molecule has 0 aliphatic carbocycles. The lowest BCUT2D eigenvalue weighted by Crippen LogP contribution is -2.34. The summed E-state index contributed by atoms with van der Waals surface area (Å²) in [4.78, 5) is 15.9. The molecule has 2 heterocycles. The van der Waals surface area contributed by atoms with Gasteiger partial charge in [-0.2, -0.15) is 4.31 Å². The standard InChI is InChI=1S/C28H28N2O5S/c1-19-7-9-25-22(15-19)16-23(28(31)29-25)18-30(12-11-21-6-4-3-5-20(21)2)36(32,33)24-8-10-26-27(17-24)35-14-13-34-26/h3-10,15-17H,11-14,18H2,1-2H3,(H,29,31). The molecule has 0 saturated carbocycles. The number of H-pyrrole nitrogens is 1. The fraction of sp³-hybridized carbons (Fsp3) is 0.250. The topological polar surface area (TPSA) is 88.7 Å². The normalized spacial score (nSPS) is 13.3. The third kappa shape index (κ3) is 4.87. The van der Waals surface area contributed by atoms with Crippen LogP contribution in [0.2, 0.25) is 0 Å². The number of aromatic amines is 1. The molecule has 186 valence electrons. The number of hydrogen-bond donors (Lipinski definition) is 1. The van der Waals surface area contributed by atoms with Gasteiger partial charge >= 0.3 is 0 Å². The summed E-state index contributed by atoms with van der Waals surface area (Å²) >= 11 is 0. The lowest BCUT2D eigenvalue weighted by molar-refractivity contribution is 0.171. The van der Waals surface area contributed by atoms with Gasteiger partial charge in [0.25, 0.3) is 5.56 Å². The van der Waals surface area contributed by atoms with Crippen LogP contribution in [0.4, 0.5) is 0 Å². The Balaban J connectivity index is 1.53. The quantitative estimate of drug-likeness (QED) is 0.404. The monoisotopic (exact) mass is 504 g/mol. The molecule has 0 unspecified atom stereocenters. The highest BCUT2D eigenvalue weighted by atomic mass is 32.2. The van der Waals surface area contributed by atoms with E-state index < -0.39 is 10.0 Å². The Hall–Kier alpha value is -3.62. The van der Waals surface area contributed by atoms with Crippen LogP contribution in [0.3, 0.4) is 0 Å². The number of ether oxygens (including phenoxy) is 2. The zero-order chi connectivity index (χ0) is 25.3. The molecular weight excluding hydrogens is 476 g/mol. The first-order chi connectivity index (χ1) is 17.3. The van der Waals surface area contributed by atoms with Gasteiger partial charge in [0.05, 0.1) is 4.90 Å². The zero-order valence-electron chi connectivity index (χ0n) is 20.3. The highest BCUT2D eigenvalue weighted by Gasteiger charge is 2.27. The number of nitrogens with one attached hydrogen (secondary N) is 1. The van der Waals surface area contributed by atoms with Crippen molar-refractivity contribution in [3.05, 3.63) is 99.3 Å². The average Bonchev–Trinajstić information content (AvgIpc) is 2.87. The van der Waals surface area contributed by atoms with Gasteiger partial charge in [0.2, 0.25) is 10.0 Å². The van der Waals surface area contributed by atoms with Crippen molar-refractivity contribution >= 4 is 20.9 Å². The maximum atomic E-state index is 13.9.